The number of hydrogen-bond donors (Lipinski definition) is 0. The molecule has 2 aromatic carbocycles. The Morgan fingerprint density at radius 3 is 2.72 bits per heavy atom. The van der Waals surface area contributed by atoms with Gasteiger partial charge >= 0.3 is 0 Å². The molecule has 0 bridgehead atoms. The third-order valence-electron chi connectivity index (χ3n) is 5.02. The predicted molar refractivity (Wildman–Crippen MR) is 98.4 cm³/mol. The highest BCUT2D eigenvalue weighted by atomic mass is 19.2. The number of halogens is 3. The van der Waals surface area contributed by atoms with Gasteiger partial charge in [0.1, 0.15) is 5.82 Å². The van der Waals surface area contributed by atoms with Crippen molar-refractivity contribution in [2.75, 3.05) is 13.1 Å². The van der Waals surface area contributed by atoms with Crippen LogP contribution in [-0.2, 0) is 6.42 Å². The van der Waals surface area contributed by atoms with Crippen molar-refractivity contribution in [3.63, 3.8) is 0 Å². The van der Waals surface area contributed by atoms with E-state index >= 15 is 0 Å². The Bertz CT molecular complexity index is 1040. The number of carbonyl (C=O) groups excluding carboxylic acids is 1. The second-order valence-corrected chi connectivity index (χ2v) is 7.08. The molecule has 1 aromatic heterocycles. The number of carbonyl (C=O) groups is 1. The van der Waals surface area contributed by atoms with Crippen LogP contribution in [0.1, 0.15) is 29.1 Å². The second kappa shape index (κ2) is 8.06. The summed E-state index contributed by atoms with van der Waals surface area (Å²) >= 11 is 0. The molecule has 1 atom stereocenters. The van der Waals surface area contributed by atoms with E-state index in [0.717, 1.165) is 25.0 Å². The molecule has 1 aliphatic heterocycles. The Hall–Kier alpha value is -3.16. The number of rotatable bonds is 4. The molecule has 5 nitrogen and oxygen atoms in total. The third-order valence-corrected chi connectivity index (χ3v) is 5.02. The van der Waals surface area contributed by atoms with Gasteiger partial charge in [-0.25, -0.2) is 13.2 Å². The zero-order chi connectivity index (χ0) is 20.4. The van der Waals surface area contributed by atoms with E-state index < -0.39 is 17.5 Å². The van der Waals surface area contributed by atoms with Crippen molar-refractivity contribution < 1.29 is 22.5 Å². The number of piperidine rings is 1. The normalized spacial score (nSPS) is 16.8. The Labute approximate surface area is 165 Å². The lowest BCUT2D eigenvalue weighted by molar-refractivity contribution is 0.0667. The fourth-order valence-electron chi connectivity index (χ4n) is 3.56. The van der Waals surface area contributed by atoms with Gasteiger partial charge in [-0.1, -0.05) is 17.3 Å². The minimum Gasteiger partial charge on any atom is -0.339 e. The van der Waals surface area contributed by atoms with E-state index in [-0.39, 0.29) is 28.8 Å². The van der Waals surface area contributed by atoms with Crippen LogP contribution in [0.2, 0.25) is 0 Å². The number of benzene rings is 2. The first-order chi connectivity index (χ1) is 14.0. The van der Waals surface area contributed by atoms with Gasteiger partial charge in [0.05, 0.1) is 5.56 Å². The summed E-state index contributed by atoms with van der Waals surface area (Å²) in [4.78, 5) is 18.5. The lowest BCUT2D eigenvalue weighted by atomic mass is 9.94. The van der Waals surface area contributed by atoms with E-state index in [1.807, 2.05) is 0 Å². The van der Waals surface area contributed by atoms with Crippen molar-refractivity contribution in [3.05, 3.63) is 71.4 Å². The number of hydrogen-bond acceptors (Lipinski definition) is 4. The lowest BCUT2D eigenvalue weighted by Crippen LogP contribution is -2.40. The molecule has 150 valence electrons. The molecule has 1 saturated heterocycles. The minimum absolute atomic E-state index is 0.0758. The predicted octanol–water partition coefficient (Wildman–Crippen LogP) is 4.25. The van der Waals surface area contributed by atoms with E-state index in [2.05, 4.69) is 10.1 Å². The van der Waals surface area contributed by atoms with Gasteiger partial charge in [0.2, 0.25) is 11.7 Å². The van der Waals surface area contributed by atoms with Gasteiger partial charge in [0.25, 0.3) is 5.91 Å². The smallest absolute Gasteiger partial charge is 0.253 e. The molecule has 8 heteroatoms. The average molecular weight is 401 g/mol. The molecule has 0 N–H and O–H groups in total. The number of aromatic nitrogens is 2. The number of amides is 1. The molecule has 1 aliphatic rings. The maximum absolute atomic E-state index is 13.9. The largest absolute Gasteiger partial charge is 0.339 e. The first kappa shape index (κ1) is 19.2. The van der Waals surface area contributed by atoms with E-state index in [1.165, 1.54) is 12.1 Å². The first-order valence-electron chi connectivity index (χ1n) is 9.33. The van der Waals surface area contributed by atoms with Gasteiger partial charge in [-0.05, 0) is 49.1 Å². The Kier molecular flexibility index (Phi) is 5.33. The van der Waals surface area contributed by atoms with Crippen molar-refractivity contribution in [1.29, 1.82) is 0 Å². The van der Waals surface area contributed by atoms with Gasteiger partial charge in [-0.2, -0.15) is 4.98 Å². The lowest BCUT2D eigenvalue weighted by Gasteiger charge is -2.32. The van der Waals surface area contributed by atoms with E-state index in [1.54, 1.807) is 23.1 Å². The van der Waals surface area contributed by atoms with Crippen LogP contribution in [-0.4, -0.2) is 34.0 Å². The Morgan fingerprint density at radius 2 is 1.93 bits per heavy atom. The minimum atomic E-state index is -1.05. The molecule has 0 saturated carbocycles. The van der Waals surface area contributed by atoms with Crippen LogP contribution >= 0.6 is 0 Å². The molecular weight excluding hydrogens is 383 g/mol. The van der Waals surface area contributed by atoms with Crippen LogP contribution in [0.25, 0.3) is 11.4 Å². The van der Waals surface area contributed by atoms with Gasteiger partial charge < -0.3 is 9.42 Å². The zero-order valence-corrected chi connectivity index (χ0v) is 15.4. The van der Waals surface area contributed by atoms with E-state index in [4.69, 9.17) is 4.52 Å². The van der Waals surface area contributed by atoms with Gasteiger partial charge in [-0.3, -0.25) is 4.79 Å². The maximum Gasteiger partial charge on any atom is 0.253 e. The zero-order valence-electron chi connectivity index (χ0n) is 15.4. The van der Waals surface area contributed by atoms with Crippen molar-refractivity contribution >= 4 is 5.91 Å². The molecule has 0 spiro atoms. The summed E-state index contributed by atoms with van der Waals surface area (Å²) in [6.45, 7) is 0.980. The van der Waals surface area contributed by atoms with Crippen LogP contribution < -0.4 is 0 Å². The average Bonchev–Trinajstić information content (AvgIpc) is 3.18. The molecule has 4 rings (SSSR count). The fraction of sp³-hybridized carbons (Fsp3) is 0.286. The molecular formula is C21H18F3N3O2. The maximum atomic E-state index is 13.9. The standard InChI is InChI=1S/C21H18F3N3O2/c22-16-6-2-1-5-15(16)20-25-19(29-26-20)10-13-4-3-9-27(12-13)21(28)14-7-8-17(23)18(24)11-14/h1-2,5-8,11,13H,3-4,9-10,12H2. The van der Waals surface area contributed by atoms with E-state index in [9.17, 15) is 18.0 Å². The molecule has 2 heterocycles. The molecule has 1 unspecified atom stereocenters. The highest BCUT2D eigenvalue weighted by molar-refractivity contribution is 5.94. The first-order valence-corrected chi connectivity index (χ1v) is 9.33. The van der Waals surface area contributed by atoms with Crippen LogP contribution in [0.5, 0.6) is 0 Å². The van der Waals surface area contributed by atoms with Crippen molar-refractivity contribution in [1.82, 2.24) is 15.0 Å². The molecule has 1 amide bonds. The summed E-state index contributed by atoms with van der Waals surface area (Å²) < 4.78 is 45.7. The number of nitrogens with zero attached hydrogens (tertiary/aromatic N) is 3. The fourth-order valence-corrected chi connectivity index (χ4v) is 3.56. The van der Waals surface area contributed by atoms with Crippen LogP contribution in [0.4, 0.5) is 13.2 Å². The van der Waals surface area contributed by atoms with Gasteiger partial charge in [0, 0.05) is 25.1 Å². The molecule has 3 aromatic rings. The molecule has 29 heavy (non-hydrogen) atoms. The van der Waals surface area contributed by atoms with Crippen LogP contribution in [0.15, 0.2) is 47.0 Å². The molecule has 0 aliphatic carbocycles. The van der Waals surface area contributed by atoms with Gasteiger partial charge in [-0.15, -0.1) is 0 Å². The topological polar surface area (TPSA) is 59.2 Å². The summed E-state index contributed by atoms with van der Waals surface area (Å²) in [5, 5.41) is 3.85. The van der Waals surface area contributed by atoms with Crippen LogP contribution in [0.3, 0.4) is 0 Å². The summed E-state index contributed by atoms with van der Waals surface area (Å²) in [5.74, 6) is -2.17. The highest BCUT2D eigenvalue weighted by Crippen LogP contribution is 2.24. The number of likely N-dealkylation sites (tertiary alicyclic amines) is 1. The summed E-state index contributed by atoms with van der Waals surface area (Å²) in [6.07, 6.45) is 2.08. The molecule has 1 fully saturated rings. The summed E-state index contributed by atoms with van der Waals surface area (Å²) in [6, 6.07) is 9.33. The Morgan fingerprint density at radius 1 is 1.10 bits per heavy atom. The Balaban J connectivity index is 1.43. The quantitative estimate of drug-likeness (QED) is 0.656. The van der Waals surface area contributed by atoms with Crippen molar-refractivity contribution in [2.24, 2.45) is 5.92 Å². The third kappa shape index (κ3) is 4.16. The molecule has 0 radical (unpaired) electrons. The van der Waals surface area contributed by atoms with Crippen molar-refractivity contribution in [3.8, 4) is 11.4 Å². The van der Waals surface area contributed by atoms with Crippen molar-refractivity contribution in [2.45, 2.75) is 19.3 Å². The summed E-state index contributed by atoms with van der Waals surface area (Å²) in [5.41, 5.74) is 0.380. The highest BCUT2D eigenvalue weighted by Gasteiger charge is 2.27. The van der Waals surface area contributed by atoms with E-state index in [0.29, 0.717) is 25.4 Å². The summed E-state index contributed by atoms with van der Waals surface area (Å²) in [7, 11) is 0. The second-order valence-electron chi connectivity index (χ2n) is 7.08. The SMILES string of the molecule is O=C(c1ccc(F)c(F)c1)N1CCCC(Cc2nc(-c3ccccc3F)no2)C1. The van der Waals surface area contributed by atoms with Gasteiger partial charge in [0.15, 0.2) is 11.6 Å². The van der Waals surface area contributed by atoms with Crippen LogP contribution in [0, 0.1) is 23.4 Å². The monoisotopic (exact) mass is 401 g/mol.